The Morgan fingerprint density at radius 2 is 2.45 bits per heavy atom. The van der Waals surface area contributed by atoms with Gasteiger partial charge in [0.15, 0.2) is 10.8 Å². The third kappa shape index (κ3) is 3.09. The van der Waals surface area contributed by atoms with Crippen molar-refractivity contribution in [1.29, 1.82) is 0 Å². The molecule has 6 heteroatoms. The van der Waals surface area contributed by atoms with Crippen LogP contribution in [0.4, 0.5) is 0 Å². The summed E-state index contributed by atoms with van der Waals surface area (Å²) in [5.74, 6) is 0.815. The van der Waals surface area contributed by atoms with Crippen LogP contribution in [0.1, 0.15) is 12.1 Å². The maximum atomic E-state index is 9.12. The number of ether oxygens (including phenoxy) is 1. The van der Waals surface area contributed by atoms with E-state index in [1.54, 1.807) is 17.6 Å². The topological polar surface area (TPSA) is 58.7 Å². The van der Waals surface area contributed by atoms with Crippen molar-refractivity contribution < 1.29 is 14.3 Å². The van der Waals surface area contributed by atoms with Gasteiger partial charge in [0.1, 0.15) is 0 Å². The molecule has 1 saturated heterocycles. The van der Waals surface area contributed by atoms with Crippen LogP contribution >= 0.6 is 11.3 Å². The van der Waals surface area contributed by atoms with Crippen LogP contribution in [0.2, 0.25) is 0 Å². The predicted molar refractivity (Wildman–Crippen MR) is 76.5 cm³/mol. The first kappa shape index (κ1) is 13.8. The van der Waals surface area contributed by atoms with E-state index in [0.717, 1.165) is 42.6 Å². The molecule has 108 valence electrons. The molecule has 1 aliphatic rings. The normalized spacial score (nSPS) is 20.4. The Morgan fingerprint density at radius 1 is 1.50 bits per heavy atom. The number of hydrogen-bond acceptors (Lipinski definition) is 6. The third-order valence-corrected chi connectivity index (χ3v) is 4.37. The van der Waals surface area contributed by atoms with E-state index in [1.165, 1.54) is 0 Å². The molecule has 0 bridgehead atoms. The Labute approximate surface area is 121 Å². The fraction of sp³-hybridized carbons (Fsp3) is 0.500. The molecule has 1 fully saturated rings. The summed E-state index contributed by atoms with van der Waals surface area (Å²) in [6.07, 6.45) is 2.41. The molecule has 5 nitrogen and oxygen atoms in total. The van der Waals surface area contributed by atoms with E-state index in [2.05, 4.69) is 15.3 Å². The highest BCUT2D eigenvalue weighted by Gasteiger charge is 2.23. The third-order valence-electron chi connectivity index (χ3n) is 3.46. The van der Waals surface area contributed by atoms with Crippen molar-refractivity contribution in [3.8, 4) is 10.8 Å². The first-order valence-electron chi connectivity index (χ1n) is 6.78. The number of thiazole rings is 1. The largest absolute Gasteiger partial charge is 0.462 e. The minimum atomic E-state index is 0.194. The zero-order valence-corrected chi connectivity index (χ0v) is 12.0. The Balaban J connectivity index is 1.67. The molecular formula is C14H18N2O3S. The number of aliphatic hydroxyl groups excluding tert-OH is 1. The zero-order valence-electron chi connectivity index (χ0n) is 11.2. The summed E-state index contributed by atoms with van der Waals surface area (Å²) < 4.78 is 10.8. The first-order chi connectivity index (χ1) is 9.86. The van der Waals surface area contributed by atoms with E-state index in [4.69, 9.17) is 14.3 Å². The maximum absolute atomic E-state index is 9.12. The lowest BCUT2D eigenvalue weighted by Crippen LogP contribution is -2.45. The van der Waals surface area contributed by atoms with Crippen molar-refractivity contribution in [1.82, 2.24) is 9.88 Å². The number of aliphatic hydroxyl groups is 1. The van der Waals surface area contributed by atoms with Gasteiger partial charge in [-0.15, -0.1) is 11.3 Å². The lowest BCUT2D eigenvalue weighted by molar-refractivity contribution is -0.0199. The minimum absolute atomic E-state index is 0.194. The summed E-state index contributed by atoms with van der Waals surface area (Å²) in [4.78, 5) is 6.96. The highest BCUT2D eigenvalue weighted by atomic mass is 32.1. The SMILES string of the molecule is OCCC1COCCN1Cc1csc(-c2ccco2)n1. The van der Waals surface area contributed by atoms with Crippen molar-refractivity contribution in [2.24, 2.45) is 0 Å². The molecule has 3 rings (SSSR count). The summed E-state index contributed by atoms with van der Waals surface area (Å²) in [7, 11) is 0. The van der Waals surface area contributed by atoms with Gasteiger partial charge >= 0.3 is 0 Å². The van der Waals surface area contributed by atoms with Gasteiger partial charge in [-0.1, -0.05) is 0 Å². The summed E-state index contributed by atoms with van der Waals surface area (Å²) in [5, 5.41) is 12.1. The number of aromatic nitrogens is 1. The first-order valence-corrected chi connectivity index (χ1v) is 7.65. The average Bonchev–Trinajstić information content (AvgIpc) is 3.12. The van der Waals surface area contributed by atoms with Gasteiger partial charge in [-0.25, -0.2) is 4.98 Å². The second-order valence-corrected chi connectivity index (χ2v) is 5.69. The molecular weight excluding hydrogens is 276 g/mol. The van der Waals surface area contributed by atoms with Crippen LogP contribution in [0.25, 0.3) is 10.8 Å². The van der Waals surface area contributed by atoms with Gasteiger partial charge < -0.3 is 14.3 Å². The number of furan rings is 1. The van der Waals surface area contributed by atoms with Gasteiger partial charge in [-0.05, 0) is 18.6 Å². The summed E-state index contributed by atoms with van der Waals surface area (Å²) in [6.45, 7) is 3.32. The number of morpholine rings is 1. The van der Waals surface area contributed by atoms with E-state index in [-0.39, 0.29) is 12.6 Å². The van der Waals surface area contributed by atoms with Crippen molar-refractivity contribution in [2.45, 2.75) is 19.0 Å². The fourth-order valence-electron chi connectivity index (χ4n) is 2.41. The highest BCUT2D eigenvalue weighted by molar-refractivity contribution is 7.13. The number of hydrogen-bond donors (Lipinski definition) is 1. The van der Waals surface area contributed by atoms with E-state index in [1.807, 2.05) is 12.1 Å². The van der Waals surface area contributed by atoms with Gasteiger partial charge in [0.05, 0.1) is 25.2 Å². The summed E-state index contributed by atoms with van der Waals surface area (Å²) in [6, 6.07) is 4.07. The Kier molecular flexibility index (Phi) is 4.47. The molecule has 1 atom stereocenters. The number of rotatable bonds is 5. The van der Waals surface area contributed by atoms with Crippen LogP contribution in [0.5, 0.6) is 0 Å². The van der Waals surface area contributed by atoms with Gasteiger partial charge in [-0.2, -0.15) is 0 Å². The van der Waals surface area contributed by atoms with Crippen LogP contribution in [0.15, 0.2) is 28.2 Å². The predicted octanol–water partition coefficient (Wildman–Crippen LogP) is 1.99. The maximum Gasteiger partial charge on any atom is 0.162 e. The van der Waals surface area contributed by atoms with Gasteiger partial charge in [0.2, 0.25) is 0 Å². The molecule has 2 aromatic rings. The quantitative estimate of drug-likeness (QED) is 0.914. The van der Waals surface area contributed by atoms with E-state index < -0.39 is 0 Å². The number of nitrogens with zero attached hydrogens (tertiary/aromatic N) is 2. The smallest absolute Gasteiger partial charge is 0.162 e. The molecule has 0 aliphatic carbocycles. The molecule has 0 saturated carbocycles. The second kappa shape index (κ2) is 6.49. The molecule has 3 heterocycles. The van der Waals surface area contributed by atoms with Gasteiger partial charge in [-0.3, -0.25) is 4.90 Å². The van der Waals surface area contributed by atoms with E-state index in [0.29, 0.717) is 6.61 Å². The lowest BCUT2D eigenvalue weighted by Gasteiger charge is -2.34. The van der Waals surface area contributed by atoms with Crippen LogP contribution < -0.4 is 0 Å². The van der Waals surface area contributed by atoms with Crippen LogP contribution in [0.3, 0.4) is 0 Å². The van der Waals surface area contributed by atoms with Crippen LogP contribution in [-0.2, 0) is 11.3 Å². The van der Waals surface area contributed by atoms with Crippen molar-refractivity contribution in [3.63, 3.8) is 0 Å². The Bertz CT molecular complexity index is 524. The summed E-state index contributed by atoms with van der Waals surface area (Å²) >= 11 is 1.60. The second-order valence-electron chi connectivity index (χ2n) is 4.83. The van der Waals surface area contributed by atoms with Crippen LogP contribution in [-0.4, -0.2) is 47.4 Å². The molecule has 1 unspecified atom stereocenters. The molecule has 0 radical (unpaired) electrons. The Morgan fingerprint density at radius 3 is 3.25 bits per heavy atom. The molecule has 1 aliphatic heterocycles. The zero-order chi connectivity index (χ0) is 13.8. The standard InChI is InChI=1S/C14H18N2O3S/c17-5-3-12-9-18-7-4-16(12)8-11-10-20-14(15-11)13-2-1-6-19-13/h1-2,6,10,12,17H,3-5,7-9H2. The highest BCUT2D eigenvalue weighted by Crippen LogP contribution is 2.25. The minimum Gasteiger partial charge on any atom is -0.462 e. The molecule has 20 heavy (non-hydrogen) atoms. The van der Waals surface area contributed by atoms with Crippen LogP contribution in [0, 0.1) is 0 Å². The Hall–Kier alpha value is -1.21. The van der Waals surface area contributed by atoms with Crippen molar-refractivity contribution >= 4 is 11.3 Å². The summed E-state index contributed by atoms with van der Waals surface area (Å²) in [5.41, 5.74) is 1.05. The molecule has 2 aromatic heterocycles. The van der Waals surface area contributed by atoms with Gasteiger partial charge in [0, 0.05) is 31.1 Å². The van der Waals surface area contributed by atoms with Gasteiger partial charge in [0.25, 0.3) is 0 Å². The molecule has 0 aromatic carbocycles. The fourth-order valence-corrected chi connectivity index (χ4v) is 3.19. The average molecular weight is 294 g/mol. The van der Waals surface area contributed by atoms with E-state index in [9.17, 15) is 0 Å². The molecule has 0 spiro atoms. The lowest BCUT2D eigenvalue weighted by atomic mass is 10.1. The molecule has 1 N–H and O–H groups in total. The van der Waals surface area contributed by atoms with Crippen molar-refractivity contribution in [2.75, 3.05) is 26.4 Å². The van der Waals surface area contributed by atoms with Crippen molar-refractivity contribution in [3.05, 3.63) is 29.5 Å². The molecule has 0 amide bonds. The van der Waals surface area contributed by atoms with E-state index >= 15 is 0 Å². The monoisotopic (exact) mass is 294 g/mol.